The van der Waals surface area contributed by atoms with Crippen molar-refractivity contribution in [3.8, 4) is 11.1 Å². The number of hydrogen-bond donors (Lipinski definition) is 8. The Labute approximate surface area is 591 Å². The number of aliphatic hydroxyl groups excluding tert-OH is 1. The minimum atomic E-state index is -1.14. The highest BCUT2D eigenvalue weighted by molar-refractivity contribution is 7.22. The molecule has 538 valence electrons. The van der Waals surface area contributed by atoms with Gasteiger partial charge in [-0.05, 0) is 173 Å². The second kappa shape index (κ2) is 31.2. The third-order valence-electron chi connectivity index (χ3n) is 20.5. The van der Waals surface area contributed by atoms with E-state index in [0.29, 0.717) is 73.3 Å². The van der Waals surface area contributed by atoms with Gasteiger partial charge in [0.2, 0.25) is 17.7 Å². The molecule has 0 spiro atoms. The maximum absolute atomic E-state index is 14.1. The van der Waals surface area contributed by atoms with Gasteiger partial charge in [-0.15, -0.1) is 10.2 Å². The van der Waals surface area contributed by atoms with Crippen LogP contribution in [0.15, 0.2) is 79.0 Å². The Bertz CT molecular complexity index is 4050. The Kier molecular flexibility index (Phi) is 22.5. The van der Waals surface area contributed by atoms with Gasteiger partial charge in [0.1, 0.15) is 24.5 Å². The van der Waals surface area contributed by atoms with Crippen LogP contribution in [0.4, 0.5) is 37.9 Å². The number of aromatic nitrogens is 6. The number of carboxylic acid groups (broad SMARTS) is 1. The van der Waals surface area contributed by atoms with E-state index in [1.807, 2.05) is 55.1 Å². The van der Waals surface area contributed by atoms with Crippen molar-refractivity contribution in [1.82, 2.24) is 55.7 Å². The number of fused-ring (bicyclic) bond motifs is 2. The topological polar surface area (TPSA) is 361 Å². The number of benzene rings is 2. The van der Waals surface area contributed by atoms with Gasteiger partial charge in [0.15, 0.2) is 22.5 Å². The first-order chi connectivity index (χ1) is 48.3. The summed E-state index contributed by atoms with van der Waals surface area (Å²) < 4.78 is 14.6. The van der Waals surface area contributed by atoms with Gasteiger partial charge < -0.3 is 61.8 Å². The fourth-order valence-corrected chi connectivity index (χ4v) is 18.0. The van der Waals surface area contributed by atoms with Crippen LogP contribution in [-0.2, 0) is 53.0 Å². The smallest absolute Gasteiger partial charge is 0.410 e. The molecule has 4 aromatic heterocycles. The second-order valence-corrected chi connectivity index (χ2v) is 30.3. The number of nitrogens with zero attached hydrogens (tertiary/aromatic N) is 9. The number of imide groups is 1. The van der Waals surface area contributed by atoms with Gasteiger partial charge in [0.05, 0.1) is 36.2 Å². The van der Waals surface area contributed by atoms with E-state index in [1.165, 1.54) is 12.2 Å². The molecule has 4 saturated carbocycles. The minimum Gasteiger partial charge on any atom is -0.476 e. The molecule has 6 heterocycles. The molecular formula is C73H93N15O12S. The lowest BCUT2D eigenvalue weighted by molar-refractivity contribution is -0.198. The summed E-state index contributed by atoms with van der Waals surface area (Å²) in [5.41, 5.74) is 11.4. The molecule has 6 aromatic rings. The Balaban J connectivity index is 0.694. The van der Waals surface area contributed by atoms with Gasteiger partial charge in [-0.2, -0.15) is 5.10 Å². The summed E-state index contributed by atoms with van der Waals surface area (Å²) in [6.45, 7) is 14.7. The number of nitrogens with one attached hydrogen (secondary N) is 5. The maximum Gasteiger partial charge on any atom is 0.410 e. The van der Waals surface area contributed by atoms with E-state index in [0.717, 1.165) is 107 Å². The molecule has 2 aliphatic heterocycles. The molecule has 28 heteroatoms. The van der Waals surface area contributed by atoms with Gasteiger partial charge in [0, 0.05) is 91.5 Å². The summed E-state index contributed by atoms with van der Waals surface area (Å²) in [6.07, 6.45) is 14.8. The van der Waals surface area contributed by atoms with E-state index >= 15 is 0 Å². The van der Waals surface area contributed by atoms with Crippen LogP contribution >= 0.6 is 11.3 Å². The molecule has 6 aliphatic rings. The van der Waals surface area contributed by atoms with Crippen LogP contribution in [0.1, 0.15) is 150 Å². The summed E-state index contributed by atoms with van der Waals surface area (Å²) in [5.74, 6) is -2.28. The monoisotopic (exact) mass is 1400 g/mol. The first-order valence-electron chi connectivity index (χ1n) is 35.0. The molecule has 0 radical (unpaired) electrons. The number of carbonyl (C=O) groups excluding carboxylic acids is 7. The predicted octanol–water partition coefficient (Wildman–Crippen LogP) is 9.39. The lowest BCUT2D eigenvalue weighted by atomic mass is 9.35. The molecule has 6 atom stereocenters. The van der Waals surface area contributed by atoms with E-state index in [2.05, 4.69) is 50.2 Å². The van der Waals surface area contributed by atoms with E-state index in [1.54, 1.807) is 60.5 Å². The molecule has 2 unspecified atom stereocenters. The quantitative estimate of drug-likeness (QED) is 0.0140. The van der Waals surface area contributed by atoms with Crippen molar-refractivity contribution in [2.45, 2.75) is 163 Å². The van der Waals surface area contributed by atoms with Crippen LogP contribution in [0.25, 0.3) is 21.3 Å². The highest BCUT2D eigenvalue weighted by Crippen LogP contribution is 2.75. The van der Waals surface area contributed by atoms with Gasteiger partial charge in [-0.1, -0.05) is 63.3 Å². The maximum atomic E-state index is 14.1. The zero-order chi connectivity index (χ0) is 71.8. The van der Waals surface area contributed by atoms with Crippen molar-refractivity contribution < 1.29 is 58.0 Å². The lowest BCUT2D eigenvalue weighted by Gasteiger charge is -2.70. The number of primary amides is 1. The summed E-state index contributed by atoms with van der Waals surface area (Å²) in [4.78, 5) is 117. The first-order valence-corrected chi connectivity index (χ1v) is 35.9. The number of carbonyl (C=O) groups is 8. The van der Waals surface area contributed by atoms with Crippen LogP contribution in [0.2, 0.25) is 0 Å². The van der Waals surface area contributed by atoms with Crippen molar-refractivity contribution in [2.75, 3.05) is 68.1 Å². The average molecular weight is 1400 g/mol. The summed E-state index contributed by atoms with van der Waals surface area (Å²) >= 11 is 1.55. The standard InChI is InChI=1S/C73H93N15O12S/c1-45(2)60(81-57(90)26-34-99-35-32-87-58(91)24-25-59(87)92)65(94)78-54(16-11-28-75-67(74)97)64(93)77-49-20-18-48(19-21-49)37-100-69(98)85(29-9-10-33-89)30-13-27-72-39-70(5)38-71(6,40-72)42-73(41-70,43-72)44-88-47(4)52(36-76-88)51-22-23-56(80-61(51)66(95)96)86-31-12-14-50-46(3)62(83-84-63(50)86)82-68-79-53-15-7-8-17-55(53)101-68/h7-8,15,17-25,36,45,54,60,89H,9-14,16,26-35,37-44H2,1-6H3,(H,77,93)(H,78,94)(H,81,90)(H,95,96)(H3,74,75,97)(H,79,82,83)/t54-,60-,70-,71+,72?,73?/m0/s1. The number of amides is 8. The average Bonchev–Trinajstić information content (AvgIpc) is 1.47. The van der Waals surface area contributed by atoms with Crippen molar-refractivity contribution in [1.29, 1.82) is 0 Å². The Morgan fingerprint density at radius 3 is 2.26 bits per heavy atom. The molecular weight excluding hydrogens is 1310 g/mol. The Morgan fingerprint density at radius 1 is 0.812 bits per heavy atom. The predicted molar refractivity (Wildman–Crippen MR) is 380 cm³/mol. The first kappa shape index (κ1) is 72.8. The molecule has 101 heavy (non-hydrogen) atoms. The fourth-order valence-electron chi connectivity index (χ4n) is 17.2. The number of carboxylic acids is 1. The largest absolute Gasteiger partial charge is 0.476 e. The van der Waals surface area contributed by atoms with Gasteiger partial charge in [-0.3, -0.25) is 33.6 Å². The van der Waals surface area contributed by atoms with Crippen LogP contribution < -0.4 is 37.2 Å². The number of unbranched alkanes of at least 4 members (excludes halogenated alkanes) is 1. The number of aliphatic hydroxyl groups is 1. The Hall–Kier alpha value is -9.41. The van der Waals surface area contributed by atoms with E-state index in [9.17, 15) is 48.6 Å². The molecule has 8 amide bonds. The number of pyridine rings is 1. The zero-order valence-electron chi connectivity index (χ0n) is 58.4. The van der Waals surface area contributed by atoms with Crippen molar-refractivity contribution in [3.05, 3.63) is 107 Å². The van der Waals surface area contributed by atoms with Gasteiger partial charge in [0.25, 0.3) is 11.8 Å². The molecule has 12 rings (SSSR count). The normalized spacial score (nSPS) is 21.0. The number of urea groups is 1. The number of aromatic carboxylic acids is 1. The van der Waals surface area contributed by atoms with Gasteiger partial charge in [-0.25, -0.2) is 24.4 Å². The van der Waals surface area contributed by atoms with Crippen molar-refractivity contribution in [2.24, 2.45) is 33.3 Å². The second-order valence-electron chi connectivity index (χ2n) is 29.3. The zero-order valence-corrected chi connectivity index (χ0v) is 59.2. The lowest BCUT2D eigenvalue weighted by Crippen LogP contribution is -2.60. The minimum absolute atomic E-state index is 0.00347. The summed E-state index contributed by atoms with van der Waals surface area (Å²) in [6, 6.07) is 15.6. The molecule has 27 nitrogen and oxygen atoms in total. The molecule has 2 aromatic carbocycles. The van der Waals surface area contributed by atoms with E-state index < -0.39 is 59.7 Å². The number of para-hydroxylation sites is 1. The van der Waals surface area contributed by atoms with Gasteiger partial charge >= 0.3 is 18.1 Å². The number of thiazole rings is 1. The number of hydrogen-bond acceptors (Lipinski definition) is 19. The number of ether oxygens (including phenoxy) is 2. The molecule has 0 saturated heterocycles. The van der Waals surface area contributed by atoms with Crippen LogP contribution in [-0.4, -0.2) is 162 Å². The van der Waals surface area contributed by atoms with Crippen LogP contribution in [0.5, 0.6) is 0 Å². The number of nitrogens with two attached hydrogens (primary N) is 1. The van der Waals surface area contributed by atoms with Crippen LogP contribution in [0, 0.1) is 41.4 Å². The third-order valence-corrected chi connectivity index (χ3v) is 21.4. The summed E-state index contributed by atoms with van der Waals surface area (Å²) in [5, 5.41) is 49.8. The highest BCUT2D eigenvalue weighted by atomic mass is 32.1. The number of rotatable bonds is 33. The van der Waals surface area contributed by atoms with Crippen LogP contribution in [0.3, 0.4) is 0 Å². The third kappa shape index (κ3) is 17.3. The molecule has 4 bridgehead atoms. The highest BCUT2D eigenvalue weighted by Gasteiger charge is 2.65. The number of anilines is 5. The fraction of sp³-hybridized carbons (Fsp3) is 0.521. The van der Waals surface area contributed by atoms with E-state index in [-0.39, 0.29) is 92.1 Å². The SMILES string of the molecule is Cc1c(Nc2nc3ccccc3s2)nnc2c1CCCN2c1ccc(-c2cnn(CC34CC5(CCCN(CCCCO)C(=O)OCc6ccc(NC(=O)[C@H](CCCNC(N)=O)NC(=O)[C@@H](NC(=O)CCOCCN7C(=O)C=CC7=O)C(C)C)cc6)C[C@@](C)(C3)C[C@](C)(C5)C4)c2C)c(C(=O)O)n1. The van der Waals surface area contributed by atoms with Crippen molar-refractivity contribution in [3.63, 3.8) is 0 Å². The van der Waals surface area contributed by atoms with E-state index in [4.69, 9.17) is 35.4 Å². The summed E-state index contributed by atoms with van der Waals surface area (Å²) in [7, 11) is 0. The molecule has 4 aliphatic carbocycles. The molecule has 9 N–H and O–H groups in total. The molecule has 4 fully saturated rings. The Morgan fingerprint density at radius 2 is 1.54 bits per heavy atom. The van der Waals surface area contributed by atoms with Crippen molar-refractivity contribution >= 4 is 97.5 Å².